The zero-order valence-electron chi connectivity index (χ0n) is 9.95. The first-order valence-electron chi connectivity index (χ1n) is 6.01. The van der Waals surface area contributed by atoms with Gasteiger partial charge in [0.15, 0.2) is 0 Å². The summed E-state index contributed by atoms with van der Waals surface area (Å²) >= 11 is 5.93. The molecule has 0 fully saturated rings. The summed E-state index contributed by atoms with van der Waals surface area (Å²) in [4.78, 5) is 0. The minimum atomic E-state index is 0.588. The van der Waals surface area contributed by atoms with E-state index in [1.54, 1.807) is 0 Å². The lowest BCUT2D eigenvalue weighted by molar-refractivity contribution is 0.305. The third-order valence-corrected chi connectivity index (χ3v) is 3.41. The molecule has 0 saturated heterocycles. The van der Waals surface area contributed by atoms with Gasteiger partial charge in [-0.15, -0.1) is 0 Å². The fraction of sp³-hybridized carbons (Fsp3) is 0.200. The van der Waals surface area contributed by atoms with Crippen LogP contribution >= 0.6 is 11.6 Å². The van der Waals surface area contributed by atoms with Crippen molar-refractivity contribution in [1.29, 1.82) is 0 Å². The van der Waals surface area contributed by atoms with Crippen LogP contribution in [0.3, 0.4) is 0 Å². The van der Waals surface area contributed by atoms with Gasteiger partial charge < -0.3 is 10.1 Å². The molecular weight excluding hydrogens is 246 g/mol. The molecule has 0 unspecified atom stereocenters. The van der Waals surface area contributed by atoms with Crippen molar-refractivity contribution in [3.05, 3.63) is 64.2 Å². The third kappa shape index (κ3) is 2.35. The Labute approximate surface area is 112 Å². The van der Waals surface area contributed by atoms with Crippen LogP contribution in [0.1, 0.15) is 16.7 Å². The molecule has 1 aliphatic heterocycles. The normalized spacial score (nSPS) is 13.4. The van der Waals surface area contributed by atoms with E-state index in [-0.39, 0.29) is 0 Å². The molecule has 2 aromatic rings. The second-order valence-corrected chi connectivity index (χ2v) is 4.84. The lowest BCUT2D eigenvalue weighted by atomic mass is 10.0. The van der Waals surface area contributed by atoms with Crippen LogP contribution in [0.2, 0.25) is 5.02 Å². The van der Waals surface area contributed by atoms with Gasteiger partial charge in [-0.1, -0.05) is 35.9 Å². The fourth-order valence-electron chi connectivity index (χ4n) is 2.26. The van der Waals surface area contributed by atoms with Gasteiger partial charge in [0.1, 0.15) is 12.4 Å². The Bertz CT molecular complexity index is 568. The molecule has 1 heterocycles. The Hall–Kier alpha value is -1.51. The number of halogens is 1. The van der Waals surface area contributed by atoms with E-state index in [1.165, 1.54) is 16.7 Å². The fourth-order valence-corrected chi connectivity index (χ4v) is 2.44. The largest absolute Gasteiger partial charge is 0.489 e. The zero-order chi connectivity index (χ0) is 12.4. The van der Waals surface area contributed by atoms with Crippen LogP contribution in [-0.2, 0) is 19.7 Å². The summed E-state index contributed by atoms with van der Waals surface area (Å²) in [5.74, 6) is 0.811. The summed E-state index contributed by atoms with van der Waals surface area (Å²) in [5.41, 5.74) is 4.00. The maximum Gasteiger partial charge on any atom is 0.121 e. The Kier molecular flexibility index (Phi) is 3.22. The van der Waals surface area contributed by atoms with Crippen molar-refractivity contribution in [3.63, 3.8) is 0 Å². The van der Waals surface area contributed by atoms with Gasteiger partial charge in [0.25, 0.3) is 0 Å². The van der Waals surface area contributed by atoms with Gasteiger partial charge >= 0.3 is 0 Å². The van der Waals surface area contributed by atoms with Crippen molar-refractivity contribution >= 4 is 11.6 Å². The molecule has 0 atom stereocenters. The minimum Gasteiger partial charge on any atom is -0.489 e. The molecule has 2 nitrogen and oxygen atoms in total. The first-order chi connectivity index (χ1) is 8.83. The second-order valence-electron chi connectivity index (χ2n) is 4.40. The summed E-state index contributed by atoms with van der Waals surface area (Å²) in [7, 11) is 0. The van der Waals surface area contributed by atoms with Gasteiger partial charge in [-0.25, -0.2) is 0 Å². The van der Waals surface area contributed by atoms with Crippen LogP contribution in [-0.4, -0.2) is 0 Å². The van der Waals surface area contributed by atoms with E-state index in [2.05, 4.69) is 23.5 Å². The van der Waals surface area contributed by atoms with Gasteiger partial charge in [0.05, 0.1) is 0 Å². The number of ether oxygens (including phenoxy) is 1. The van der Waals surface area contributed by atoms with Crippen LogP contribution in [0.5, 0.6) is 5.75 Å². The van der Waals surface area contributed by atoms with Crippen molar-refractivity contribution in [2.24, 2.45) is 0 Å². The van der Waals surface area contributed by atoms with Crippen molar-refractivity contribution in [1.82, 2.24) is 5.32 Å². The van der Waals surface area contributed by atoms with Gasteiger partial charge in [-0.3, -0.25) is 0 Å². The van der Waals surface area contributed by atoms with E-state index in [1.807, 2.05) is 24.3 Å². The van der Waals surface area contributed by atoms with Crippen LogP contribution in [0.15, 0.2) is 42.5 Å². The van der Waals surface area contributed by atoms with Crippen molar-refractivity contribution in [2.75, 3.05) is 0 Å². The van der Waals surface area contributed by atoms with Crippen LogP contribution < -0.4 is 10.1 Å². The molecule has 0 aliphatic carbocycles. The molecule has 0 radical (unpaired) electrons. The Morgan fingerprint density at radius 1 is 1.11 bits per heavy atom. The highest BCUT2D eigenvalue weighted by Crippen LogP contribution is 2.22. The topological polar surface area (TPSA) is 21.3 Å². The molecule has 3 heteroatoms. The molecule has 0 saturated carbocycles. The lowest BCUT2D eigenvalue weighted by Crippen LogP contribution is -2.03. The van der Waals surface area contributed by atoms with Gasteiger partial charge in [-0.2, -0.15) is 0 Å². The standard InChI is InChI=1S/C15H14ClNO/c16-13-5-2-6-14(7-13)18-10-12-4-1-3-11-8-17-9-15(11)12/h1-7,17H,8-10H2. The van der Waals surface area contributed by atoms with Crippen LogP contribution in [0.4, 0.5) is 0 Å². The number of hydrogen-bond acceptors (Lipinski definition) is 2. The first kappa shape index (κ1) is 11.6. The highest BCUT2D eigenvalue weighted by atomic mass is 35.5. The number of benzene rings is 2. The molecule has 0 spiro atoms. The molecule has 0 bridgehead atoms. The lowest BCUT2D eigenvalue weighted by Gasteiger charge is -2.10. The van der Waals surface area contributed by atoms with Gasteiger partial charge in [0.2, 0.25) is 0 Å². The van der Waals surface area contributed by atoms with Crippen molar-refractivity contribution in [2.45, 2.75) is 19.7 Å². The molecule has 1 aliphatic rings. The summed E-state index contributed by atoms with van der Waals surface area (Å²) in [6.45, 7) is 2.48. The van der Waals surface area contributed by atoms with E-state index in [0.717, 1.165) is 18.8 Å². The van der Waals surface area contributed by atoms with E-state index in [9.17, 15) is 0 Å². The monoisotopic (exact) mass is 259 g/mol. The first-order valence-corrected chi connectivity index (χ1v) is 6.39. The number of nitrogens with one attached hydrogen (secondary N) is 1. The molecule has 1 N–H and O–H groups in total. The Balaban J connectivity index is 1.76. The zero-order valence-corrected chi connectivity index (χ0v) is 10.7. The summed E-state index contributed by atoms with van der Waals surface area (Å²) in [6.07, 6.45) is 0. The van der Waals surface area contributed by atoms with Crippen LogP contribution in [0, 0.1) is 0 Å². The molecule has 3 rings (SSSR count). The average molecular weight is 260 g/mol. The van der Waals surface area contributed by atoms with E-state index < -0.39 is 0 Å². The predicted molar refractivity (Wildman–Crippen MR) is 72.8 cm³/mol. The predicted octanol–water partition coefficient (Wildman–Crippen LogP) is 3.52. The molecule has 92 valence electrons. The van der Waals surface area contributed by atoms with E-state index >= 15 is 0 Å². The van der Waals surface area contributed by atoms with Crippen LogP contribution in [0.25, 0.3) is 0 Å². The Morgan fingerprint density at radius 3 is 2.89 bits per heavy atom. The Morgan fingerprint density at radius 2 is 2.00 bits per heavy atom. The maximum atomic E-state index is 5.93. The van der Waals surface area contributed by atoms with Crippen molar-refractivity contribution < 1.29 is 4.74 Å². The molecule has 0 aromatic heterocycles. The highest BCUT2D eigenvalue weighted by molar-refractivity contribution is 6.30. The molecule has 0 amide bonds. The van der Waals surface area contributed by atoms with Gasteiger partial charge in [-0.05, 0) is 34.9 Å². The van der Waals surface area contributed by atoms with Crippen molar-refractivity contribution in [3.8, 4) is 5.75 Å². The summed E-state index contributed by atoms with van der Waals surface area (Å²) in [5, 5.41) is 4.06. The number of fused-ring (bicyclic) bond motifs is 1. The highest BCUT2D eigenvalue weighted by Gasteiger charge is 2.13. The van der Waals surface area contributed by atoms with E-state index in [0.29, 0.717) is 11.6 Å². The average Bonchev–Trinajstić information content (AvgIpc) is 2.85. The molecule has 2 aromatic carbocycles. The quantitative estimate of drug-likeness (QED) is 0.911. The summed E-state index contributed by atoms with van der Waals surface area (Å²) in [6, 6.07) is 13.9. The number of hydrogen-bond donors (Lipinski definition) is 1. The van der Waals surface area contributed by atoms with E-state index in [4.69, 9.17) is 16.3 Å². The smallest absolute Gasteiger partial charge is 0.121 e. The third-order valence-electron chi connectivity index (χ3n) is 3.18. The molecular formula is C15H14ClNO. The van der Waals surface area contributed by atoms with Gasteiger partial charge in [0, 0.05) is 18.1 Å². The number of rotatable bonds is 3. The molecule has 18 heavy (non-hydrogen) atoms. The minimum absolute atomic E-state index is 0.588. The summed E-state index contributed by atoms with van der Waals surface area (Å²) < 4.78 is 5.79. The SMILES string of the molecule is Clc1cccc(OCc2cccc3c2CNC3)c1. The maximum absolute atomic E-state index is 5.93. The second kappa shape index (κ2) is 5.01.